The molecule has 0 aliphatic rings. The van der Waals surface area contributed by atoms with Gasteiger partial charge in [0.2, 0.25) is 0 Å². The van der Waals surface area contributed by atoms with Crippen LogP contribution in [0, 0.1) is 0 Å². The number of phenols is 1. The van der Waals surface area contributed by atoms with Crippen LogP contribution in [0.25, 0.3) is 10.9 Å². The average Bonchev–Trinajstić information content (AvgIpc) is 2.55. The Kier molecular flexibility index (Phi) is 2.05. The monoisotopic (exact) mass is 221 g/mol. The maximum atomic E-state index is 10.9. The number of phenolic OH excluding ortho intramolecular Hbond substituents is 1. The Hall–Kier alpha value is -2.50. The van der Waals surface area contributed by atoms with Crippen LogP contribution >= 0.6 is 0 Å². The number of rotatable bonds is 1. The minimum absolute atomic E-state index is 0.0491. The van der Waals surface area contributed by atoms with E-state index in [1.807, 2.05) is 0 Å². The second-order valence-electron chi connectivity index (χ2n) is 3.20. The van der Waals surface area contributed by atoms with Gasteiger partial charge in [0.05, 0.1) is 5.52 Å². The number of aromatic hydroxyl groups is 1. The SMILES string of the molecule is O=C(O)c1cc2cc(O)ccc2n1C(=O)O. The highest BCUT2D eigenvalue weighted by atomic mass is 16.4. The van der Waals surface area contributed by atoms with Crippen LogP contribution in [-0.4, -0.2) is 31.9 Å². The Balaban J connectivity index is 2.86. The first-order chi connectivity index (χ1) is 7.50. The Morgan fingerprint density at radius 1 is 1.12 bits per heavy atom. The third-order valence-corrected chi connectivity index (χ3v) is 2.20. The largest absolute Gasteiger partial charge is 0.508 e. The Labute approximate surface area is 89.0 Å². The van der Waals surface area contributed by atoms with Crippen LogP contribution in [0.5, 0.6) is 5.75 Å². The van der Waals surface area contributed by atoms with Gasteiger partial charge in [-0.2, -0.15) is 0 Å². The topological polar surface area (TPSA) is 99.8 Å². The number of carboxylic acid groups (broad SMARTS) is 2. The van der Waals surface area contributed by atoms with Crippen molar-refractivity contribution in [3.63, 3.8) is 0 Å². The fraction of sp³-hybridized carbons (Fsp3) is 0. The molecule has 0 aliphatic carbocycles. The molecule has 2 aromatic rings. The summed E-state index contributed by atoms with van der Waals surface area (Å²) >= 11 is 0. The number of carbonyl (C=O) groups is 2. The number of aromatic carboxylic acids is 1. The average molecular weight is 221 g/mol. The van der Waals surface area contributed by atoms with Gasteiger partial charge in [-0.15, -0.1) is 0 Å². The zero-order valence-corrected chi connectivity index (χ0v) is 7.91. The number of hydrogen-bond acceptors (Lipinski definition) is 3. The van der Waals surface area contributed by atoms with Crippen molar-refractivity contribution >= 4 is 23.0 Å². The minimum atomic E-state index is -1.38. The molecule has 1 heterocycles. The van der Waals surface area contributed by atoms with E-state index in [-0.39, 0.29) is 17.0 Å². The number of hydrogen-bond donors (Lipinski definition) is 3. The molecule has 0 spiro atoms. The van der Waals surface area contributed by atoms with Gasteiger partial charge in [-0.1, -0.05) is 0 Å². The zero-order valence-electron chi connectivity index (χ0n) is 7.91. The molecule has 6 nitrogen and oxygen atoms in total. The number of fused-ring (bicyclic) bond motifs is 1. The lowest BCUT2D eigenvalue weighted by Gasteiger charge is -2.00. The van der Waals surface area contributed by atoms with Gasteiger partial charge < -0.3 is 15.3 Å². The molecule has 16 heavy (non-hydrogen) atoms. The van der Waals surface area contributed by atoms with Crippen molar-refractivity contribution in [3.05, 3.63) is 30.0 Å². The van der Waals surface area contributed by atoms with Crippen molar-refractivity contribution in [2.75, 3.05) is 0 Å². The summed E-state index contributed by atoms with van der Waals surface area (Å²) in [6, 6.07) is 5.16. The summed E-state index contributed by atoms with van der Waals surface area (Å²) in [5.74, 6) is -1.38. The molecule has 2 rings (SSSR count). The highest BCUT2D eigenvalue weighted by molar-refractivity contribution is 6.00. The van der Waals surface area contributed by atoms with E-state index in [0.717, 1.165) is 0 Å². The van der Waals surface area contributed by atoms with Gasteiger partial charge in [-0.25, -0.2) is 14.2 Å². The highest BCUT2D eigenvalue weighted by Crippen LogP contribution is 2.23. The number of nitrogens with zero attached hydrogens (tertiary/aromatic N) is 1. The normalized spacial score (nSPS) is 10.5. The molecular weight excluding hydrogens is 214 g/mol. The van der Waals surface area contributed by atoms with Crippen LogP contribution < -0.4 is 0 Å². The van der Waals surface area contributed by atoms with Gasteiger partial charge >= 0.3 is 12.1 Å². The lowest BCUT2D eigenvalue weighted by molar-refractivity contribution is 0.0684. The summed E-state index contributed by atoms with van der Waals surface area (Å²) in [7, 11) is 0. The van der Waals surface area contributed by atoms with E-state index >= 15 is 0 Å². The molecule has 0 amide bonds. The van der Waals surface area contributed by atoms with Crippen molar-refractivity contribution in [2.45, 2.75) is 0 Å². The van der Waals surface area contributed by atoms with Gasteiger partial charge in [0.25, 0.3) is 0 Å². The summed E-state index contributed by atoms with van der Waals surface area (Å²) in [5, 5.41) is 27.3. The van der Waals surface area contributed by atoms with Crippen molar-refractivity contribution in [3.8, 4) is 5.75 Å². The van der Waals surface area contributed by atoms with Crippen molar-refractivity contribution in [2.24, 2.45) is 0 Å². The van der Waals surface area contributed by atoms with E-state index in [2.05, 4.69) is 0 Å². The van der Waals surface area contributed by atoms with E-state index in [9.17, 15) is 14.7 Å². The second kappa shape index (κ2) is 3.27. The fourth-order valence-electron chi connectivity index (χ4n) is 1.57. The van der Waals surface area contributed by atoms with Crippen LogP contribution in [0.4, 0.5) is 4.79 Å². The Morgan fingerprint density at radius 2 is 1.81 bits per heavy atom. The highest BCUT2D eigenvalue weighted by Gasteiger charge is 2.19. The molecular formula is C10H7NO5. The Morgan fingerprint density at radius 3 is 2.38 bits per heavy atom. The number of aromatic nitrogens is 1. The van der Waals surface area contributed by atoms with Crippen LogP contribution in [0.2, 0.25) is 0 Å². The van der Waals surface area contributed by atoms with Crippen LogP contribution in [0.3, 0.4) is 0 Å². The lowest BCUT2D eigenvalue weighted by Crippen LogP contribution is -2.14. The first-order valence-corrected chi connectivity index (χ1v) is 4.32. The molecule has 0 radical (unpaired) electrons. The molecule has 6 heteroatoms. The summed E-state index contributed by atoms with van der Waals surface area (Å²) in [6.45, 7) is 0. The van der Waals surface area contributed by atoms with E-state index in [1.54, 1.807) is 0 Å². The molecule has 0 saturated carbocycles. The van der Waals surface area contributed by atoms with E-state index < -0.39 is 12.1 Å². The van der Waals surface area contributed by atoms with Gasteiger partial charge in [0.15, 0.2) is 0 Å². The first kappa shape index (κ1) is 10.0. The second-order valence-corrected chi connectivity index (χ2v) is 3.20. The van der Waals surface area contributed by atoms with Crippen molar-refractivity contribution < 1.29 is 24.9 Å². The minimum Gasteiger partial charge on any atom is -0.508 e. The fourth-order valence-corrected chi connectivity index (χ4v) is 1.57. The van der Waals surface area contributed by atoms with Gasteiger partial charge in [-0.05, 0) is 24.3 Å². The van der Waals surface area contributed by atoms with E-state index in [4.69, 9.17) is 10.2 Å². The van der Waals surface area contributed by atoms with Gasteiger partial charge in [0.1, 0.15) is 11.4 Å². The lowest BCUT2D eigenvalue weighted by atomic mass is 10.2. The first-order valence-electron chi connectivity index (χ1n) is 4.32. The van der Waals surface area contributed by atoms with Crippen LogP contribution in [0.1, 0.15) is 10.5 Å². The maximum Gasteiger partial charge on any atom is 0.416 e. The van der Waals surface area contributed by atoms with Gasteiger partial charge in [0, 0.05) is 5.39 Å². The molecule has 82 valence electrons. The number of benzene rings is 1. The molecule has 3 N–H and O–H groups in total. The predicted molar refractivity (Wildman–Crippen MR) is 54.0 cm³/mol. The molecule has 0 aliphatic heterocycles. The third-order valence-electron chi connectivity index (χ3n) is 2.20. The predicted octanol–water partition coefficient (Wildman–Crippen LogP) is 1.57. The molecule has 0 unspecified atom stereocenters. The zero-order chi connectivity index (χ0) is 11.9. The maximum absolute atomic E-state index is 10.9. The van der Waals surface area contributed by atoms with E-state index in [0.29, 0.717) is 9.95 Å². The molecule has 0 atom stereocenters. The quantitative estimate of drug-likeness (QED) is 0.678. The molecule has 0 saturated heterocycles. The molecule has 0 bridgehead atoms. The summed E-state index contributed by atoms with van der Waals surface area (Å²) in [4.78, 5) is 21.8. The van der Waals surface area contributed by atoms with Crippen molar-refractivity contribution in [1.82, 2.24) is 4.57 Å². The van der Waals surface area contributed by atoms with Crippen LogP contribution in [0.15, 0.2) is 24.3 Å². The summed E-state index contributed by atoms with van der Waals surface area (Å²) in [5.41, 5.74) is -0.129. The Bertz CT molecular complexity index is 599. The smallest absolute Gasteiger partial charge is 0.416 e. The summed E-state index contributed by atoms with van der Waals surface area (Å²) < 4.78 is 0.664. The molecule has 1 aromatic carbocycles. The van der Waals surface area contributed by atoms with Crippen LogP contribution in [-0.2, 0) is 0 Å². The molecule has 0 fully saturated rings. The van der Waals surface area contributed by atoms with E-state index in [1.165, 1.54) is 24.3 Å². The van der Waals surface area contributed by atoms with Gasteiger partial charge in [-0.3, -0.25) is 0 Å². The molecule has 1 aromatic heterocycles. The van der Waals surface area contributed by atoms with Crippen molar-refractivity contribution in [1.29, 1.82) is 0 Å². The number of carboxylic acids is 1. The standard InChI is InChI=1S/C10H7NO5/c12-6-1-2-7-5(3-6)4-8(9(13)14)11(7)10(15)16/h1-4,12H,(H,13,14)(H,15,16). The summed E-state index contributed by atoms with van der Waals surface area (Å²) in [6.07, 6.45) is -1.38. The third kappa shape index (κ3) is 1.36.